The number of fused-ring (bicyclic) bond motifs is 1. The molecule has 4 N–H and O–H groups in total. The summed E-state index contributed by atoms with van der Waals surface area (Å²) in [5.74, 6) is -0.198. The number of imidazole rings is 1. The Morgan fingerprint density at radius 2 is 2.00 bits per heavy atom. The molecule has 0 aliphatic rings. The molecule has 13 heteroatoms. The van der Waals surface area contributed by atoms with E-state index >= 15 is 0 Å². The van der Waals surface area contributed by atoms with Crippen molar-refractivity contribution in [2.24, 2.45) is 0 Å². The Hall–Kier alpha value is -2.56. The Morgan fingerprint density at radius 1 is 1.26 bits per heavy atom. The number of carbonyl (C=O) groups is 1. The SMILES string of the molecule is CCCOC(=O)C(C)(C)N[P@@](=O)(CO[C@H](C)Cn1cnc2c(N)ncnc21)N[C@H](C)c1ccc(Cl)cc1C. The molecule has 3 rings (SSSR count). The first-order chi connectivity index (χ1) is 17.8. The summed E-state index contributed by atoms with van der Waals surface area (Å²) in [4.78, 5) is 25.2. The summed E-state index contributed by atoms with van der Waals surface area (Å²) in [6.45, 7) is 11.6. The highest BCUT2D eigenvalue weighted by Crippen LogP contribution is 2.43. The average Bonchev–Trinajstić information content (AvgIpc) is 3.24. The first kappa shape index (κ1) is 30.0. The molecule has 0 spiro atoms. The molecule has 0 bridgehead atoms. The topological polar surface area (TPSA) is 146 Å². The zero-order valence-electron chi connectivity index (χ0n) is 22.7. The Labute approximate surface area is 228 Å². The maximum absolute atomic E-state index is 14.3. The molecule has 3 atom stereocenters. The molecule has 0 amide bonds. The fraction of sp³-hybridized carbons (Fsp3) is 0.520. The minimum absolute atomic E-state index is 0.181. The van der Waals surface area contributed by atoms with Gasteiger partial charge in [0.2, 0.25) is 7.44 Å². The normalized spacial score (nSPS) is 15.2. The summed E-state index contributed by atoms with van der Waals surface area (Å²) in [5, 5.41) is 6.85. The van der Waals surface area contributed by atoms with Crippen molar-refractivity contribution in [1.29, 1.82) is 0 Å². The van der Waals surface area contributed by atoms with Crippen LogP contribution in [-0.4, -0.2) is 50.1 Å². The number of benzene rings is 1. The molecule has 2 heterocycles. The van der Waals surface area contributed by atoms with Crippen molar-refractivity contribution in [2.45, 2.75) is 72.2 Å². The highest BCUT2D eigenvalue weighted by molar-refractivity contribution is 7.59. The first-order valence-electron chi connectivity index (χ1n) is 12.5. The number of nitrogen functional groups attached to an aromatic ring is 1. The van der Waals surface area contributed by atoms with Crippen LogP contribution in [0.4, 0.5) is 5.82 Å². The summed E-state index contributed by atoms with van der Waals surface area (Å²) < 4.78 is 27.5. The first-order valence-corrected chi connectivity index (χ1v) is 14.7. The van der Waals surface area contributed by atoms with Gasteiger partial charge in [-0.3, -0.25) is 9.36 Å². The van der Waals surface area contributed by atoms with E-state index in [1.165, 1.54) is 6.33 Å². The maximum Gasteiger partial charge on any atom is 0.326 e. The number of aromatic nitrogens is 4. The molecule has 1 aromatic carbocycles. The van der Waals surface area contributed by atoms with Crippen molar-refractivity contribution >= 4 is 42.0 Å². The van der Waals surface area contributed by atoms with Gasteiger partial charge in [-0.05, 0) is 64.3 Å². The molecule has 0 aliphatic carbocycles. The van der Waals surface area contributed by atoms with Crippen molar-refractivity contribution in [3.8, 4) is 0 Å². The van der Waals surface area contributed by atoms with E-state index < -0.39 is 19.0 Å². The van der Waals surface area contributed by atoms with Crippen molar-refractivity contribution < 1.29 is 18.8 Å². The number of anilines is 1. The number of halogens is 1. The van der Waals surface area contributed by atoms with Gasteiger partial charge in [0.25, 0.3) is 0 Å². The van der Waals surface area contributed by atoms with Crippen LogP contribution in [0.1, 0.15) is 58.2 Å². The van der Waals surface area contributed by atoms with Crippen molar-refractivity contribution in [3.63, 3.8) is 0 Å². The lowest BCUT2D eigenvalue weighted by Crippen LogP contribution is -2.49. The molecule has 11 nitrogen and oxygen atoms in total. The van der Waals surface area contributed by atoms with Gasteiger partial charge < -0.3 is 19.8 Å². The monoisotopic (exact) mass is 565 g/mol. The number of hydrogen-bond acceptors (Lipinski definition) is 8. The molecule has 0 saturated heterocycles. The molecule has 0 unspecified atom stereocenters. The predicted octanol–water partition coefficient (Wildman–Crippen LogP) is 4.60. The predicted molar refractivity (Wildman–Crippen MR) is 149 cm³/mol. The molecule has 0 fully saturated rings. The molecule has 0 aliphatic heterocycles. The summed E-state index contributed by atoms with van der Waals surface area (Å²) in [7, 11) is -3.51. The van der Waals surface area contributed by atoms with E-state index in [1.807, 2.05) is 39.8 Å². The lowest BCUT2D eigenvalue weighted by Gasteiger charge is -2.33. The Bertz CT molecular complexity index is 1320. The van der Waals surface area contributed by atoms with Gasteiger partial charge in [0, 0.05) is 11.1 Å². The summed E-state index contributed by atoms with van der Waals surface area (Å²) in [6, 6.07) is 5.20. The third-order valence-corrected chi connectivity index (χ3v) is 8.40. The molecule has 2 aromatic heterocycles. The van der Waals surface area contributed by atoms with Gasteiger partial charge in [-0.25, -0.2) is 25.1 Å². The van der Waals surface area contributed by atoms with Crippen LogP contribution < -0.4 is 15.9 Å². The third kappa shape index (κ3) is 7.51. The quantitative estimate of drug-likeness (QED) is 0.198. The summed E-state index contributed by atoms with van der Waals surface area (Å²) in [5.41, 5.74) is 7.63. The molecule has 38 heavy (non-hydrogen) atoms. The maximum atomic E-state index is 14.3. The number of rotatable bonds is 13. The number of carbonyl (C=O) groups excluding carboxylic acids is 1. The van der Waals surface area contributed by atoms with Crippen LogP contribution in [0.3, 0.4) is 0 Å². The molecule has 0 radical (unpaired) electrons. The van der Waals surface area contributed by atoms with Crippen LogP contribution in [0.15, 0.2) is 30.9 Å². The van der Waals surface area contributed by atoms with Crippen LogP contribution in [-0.2, 0) is 25.4 Å². The number of nitrogens with one attached hydrogen (secondary N) is 2. The fourth-order valence-electron chi connectivity index (χ4n) is 4.08. The van der Waals surface area contributed by atoms with Crippen LogP contribution >= 0.6 is 19.0 Å². The minimum Gasteiger partial charge on any atom is -0.464 e. The largest absolute Gasteiger partial charge is 0.464 e. The smallest absolute Gasteiger partial charge is 0.326 e. The number of esters is 1. The van der Waals surface area contributed by atoms with E-state index in [0.717, 1.165) is 11.1 Å². The highest BCUT2D eigenvalue weighted by atomic mass is 35.5. The van der Waals surface area contributed by atoms with Gasteiger partial charge in [0.1, 0.15) is 23.7 Å². The van der Waals surface area contributed by atoms with Gasteiger partial charge in [-0.15, -0.1) is 0 Å². The van der Waals surface area contributed by atoms with Gasteiger partial charge in [0.15, 0.2) is 11.5 Å². The lowest BCUT2D eigenvalue weighted by molar-refractivity contribution is -0.149. The van der Waals surface area contributed by atoms with Gasteiger partial charge in [-0.2, -0.15) is 0 Å². The van der Waals surface area contributed by atoms with E-state index in [9.17, 15) is 9.36 Å². The molecule has 208 valence electrons. The number of nitrogens with two attached hydrogens (primary N) is 1. The minimum atomic E-state index is -3.51. The molecule has 0 saturated carbocycles. The average molecular weight is 566 g/mol. The third-order valence-electron chi connectivity index (χ3n) is 5.93. The second-order valence-corrected chi connectivity index (χ2v) is 12.6. The number of ether oxygens (including phenoxy) is 2. The van der Waals surface area contributed by atoms with E-state index in [1.54, 1.807) is 30.8 Å². The van der Waals surface area contributed by atoms with Crippen LogP contribution in [0, 0.1) is 6.92 Å². The Balaban J connectivity index is 1.79. The van der Waals surface area contributed by atoms with Crippen LogP contribution in [0.25, 0.3) is 11.2 Å². The van der Waals surface area contributed by atoms with Crippen molar-refractivity contribution in [1.82, 2.24) is 29.7 Å². The highest BCUT2D eigenvalue weighted by Gasteiger charge is 2.38. The second kappa shape index (κ2) is 12.5. The van der Waals surface area contributed by atoms with E-state index in [-0.39, 0.29) is 25.1 Å². The molecular weight excluding hydrogens is 529 g/mol. The van der Waals surface area contributed by atoms with Crippen molar-refractivity contribution in [2.75, 3.05) is 18.7 Å². The van der Waals surface area contributed by atoms with E-state index in [4.69, 9.17) is 26.8 Å². The van der Waals surface area contributed by atoms with Crippen LogP contribution in [0.2, 0.25) is 5.02 Å². The van der Waals surface area contributed by atoms with Crippen LogP contribution in [0.5, 0.6) is 0 Å². The zero-order chi connectivity index (χ0) is 28.1. The van der Waals surface area contributed by atoms with E-state index in [0.29, 0.717) is 35.0 Å². The van der Waals surface area contributed by atoms with Crippen molar-refractivity contribution in [3.05, 3.63) is 47.0 Å². The summed E-state index contributed by atoms with van der Waals surface area (Å²) >= 11 is 6.13. The van der Waals surface area contributed by atoms with Gasteiger partial charge in [0.05, 0.1) is 25.6 Å². The van der Waals surface area contributed by atoms with Gasteiger partial charge in [-0.1, -0.05) is 24.6 Å². The zero-order valence-corrected chi connectivity index (χ0v) is 24.3. The lowest BCUT2D eigenvalue weighted by atomic mass is 10.0. The summed E-state index contributed by atoms with van der Waals surface area (Å²) in [6.07, 6.45) is 3.13. The number of aryl methyl sites for hydroxylation is 1. The van der Waals surface area contributed by atoms with Gasteiger partial charge >= 0.3 is 5.97 Å². The molecular formula is C25H37ClN7O4P. The second-order valence-electron chi connectivity index (χ2n) is 9.90. The standard InChI is InChI=1S/C25H37ClN7O4P/c1-7-10-36-24(34)25(5,6)32-38(35,31-18(4)20-9-8-19(26)11-16(20)2)15-37-17(3)12-33-14-30-21-22(27)28-13-29-23(21)33/h8-9,11,13-14,17-18H,7,10,12,15H2,1-6H3,(H2,27,28,29)(H2,31,32,35)/t17-,18-,38-/m1/s1. The Morgan fingerprint density at radius 3 is 2.68 bits per heavy atom. The Kier molecular flexibility index (Phi) is 9.89. The van der Waals surface area contributed by atoms with E-state index in [2.05, 4.69) is 25.1 Å². The number of hydrogen-bond donors (Lipinski definition) is 3. The molecule has 3 aromatic rings. The fourth-order valence-corrected chi connectivity index (χ4v) is 6.73. The number of nitrogens with zero attached hydrogens (tertiary/aromatic N) is 4.